The number of methoxy groups -OCH3 is 1. The van der Waals surface area contributed by atoms with E-state index in [1.165, 1.54) is 0 Å². The van der Waals surface area contributed by atoms with Crippen molar-refractivity contribution in [1.82, 2.24) is 0 Å². The van der Waals surface area contributed by atoms with E-state index in [4.69, 9.17) is 14.2 Å². The molecule has 1 atom stereocenters. The van der Waals surface area contributed by atoms with Crippen LogP contribution in [0.1, 0.15) is 50.2 Å². The largest absolute Gasteiger partial charge is 0.493 e. The van der Waals surface area contributed by atoms with Crippen LogP contribution in [0.4, 0.5) is 0 Å². The minimum absolute atomic E-state index is 0.0575. The maximum atomic E-state index is 12.9. The lowest BCUT2D eigenvalue weighted by atomic mass is 9.71. The summed E-state index contributed by atoms with van der Waals surface area (Å²) in [6.07, 6.45) is 1.19. The number of hydrogen-bond donors (Lipinski definition) is 0. The normalized spacial score (nSPS) is 20.4. The van der Waals surface area contributed by atoms with Gasteiger partial charge >= 0.3 is 5.97 Å². The molecule has 0 radical (unpaired) electrons. The van der Waals surface area contributed by atoms with Gasteiger partial charge in [0.15, 0.2) is 17.3 Å². The summed E-state index contributed by atoms with van der Waals surface area (Å²) in [6, 6.07) is 15.5. The second-order valence-electron chi connectivity index (χ2n) is 8.69. The summed E-state index contributed by atoms with van der Waals surface area (Å²) >= 11 is 0. The Morgan fingerprint density at radius 2 is 1.80 bits per heavy atom. The summed E-state index contributed by atoms with van der Waals surface area (Å²) in [5.41, 5.74) is 2.35. The van der Waals surface area contributed by atoms with Gasteiger partial charge in [0.1, 0.15) is 12.4 Å². The number of carbonyl (C=O) groups excluding carboxylic acids is 2. The van der Waals surface area contributed by atoms with Crippen molar-refractivity contribution in [3.63, 3.8) is 0 Å². The van der Waals surface area contributed by atoms with Crippen LogP contribution in [0.5, 0.6) is 11.5 Å². The zero-order valence-corrected chi connectivity index (χ0v) is 17.6. The highest BCUT2D eigenvalue weighted by atomic mass is 16.5. The number of carbonyl (C=O) groups is 2. The first-order valence-electron chi connectivity index (χ1n) is 10.2. The lowest BCUT2D eigenvalue weighted by Gasteiger charge is -2.36. The minimum atomic E-state index is -0.318. The van der Waals surface area contributed by atoms with Gasteiger partial charge in [0, 0.05) is 24.3 Å². The molecule has 0 spiro atoms. The third-order valence-electron chi connectivity index (χ3n) is 5.66. The number of Topliss-reactive ketones (excluding diaryl/α,β-unsaturated/α-hetero) is 1. The summed E-state index contributed by atoms with van der Waals surface area (Å²) in [5.74, 6) is 1.17. The van der Waals surface area contributed by atoms with E-state index in [-0.39, 0.29) is 29.5 Å². The summed E-state index contributed by atoms with van der Waals surface area (Å²) in [6.45, 7) is 4.47. The molecule has 0 saturated carbocycles. The van der Waals surface area contributed by atoms with E-state index in [9.17, 15) is 9.59 Å². The van der Waals surface area contributed by atoms with E-state index in [1.807, 2.05) is 62.4 Å². The maximum absolute atomic E-state index is 12.9. The molecule has 4 rings (SSSR count). The van der Waals surface area contributed by atoms with E-state index in [1.54, 1.807) is 7.11 Å². The molecule has 2 aromatic rings. The Morgan fingerprint density at radius 1 is 1.03 bits per heavy atom. The second kappa shape index (κ2) is 7.98. The molecule has 5 nitrogen and oxygen atoms in total. The van der Waals surface area contributed by atoms with Crippen molar-refractivity contribution in [3.8, 4) is 11.5 Å². The molecule has 0 amide bonds. The highest BCUT2D eigenvalue weighted by molar-refractivity contribution is 6.00. The number of allylic oxidation sites excluding steroid dienone is 2. The predicted molar refractivity (Wildman–Crippen MR) is 112 cm³/mol. The number of esters is 1. The fraction of sp³-hybridized carbons (Fsp3) is 0.360. The zero-order chi connectivity index (χ0) is 21.3. The van der Waals surface area contributed by atoms with Crippen molar-refractivity contribution in [3.05, 3.63) is 71.0 Å². The maximum Gasteiger partial charge on any atom is 0.311 e. The van der Waals surface area contributed by atoms with Gasteiger partial charge in [-0.2, -0.15) is 0 Å². The van der Waals surface area contributed by atoms with E-state index >= 15 is 0 Å². The Hall–Kier alpha value is -3.08. The quantitative estimate of drug-likeness (QED) is 0.658. The minimum Gasteiger partial charge on any atom is -0.493 e. The number of rotatable bonds is 5. The van der Waals surface area contributed by atoms with E-state index in [0.717, 1.165) is 11.1 Å². The monoisotopic (exact) mass is 406 g/mol. The Balaban J connectivity index is 1.63. The van der Waals surface area contributed by atoms with Crippen LogP contribution < -0.4 is 9.47 Å². The fourth-order valence-corrected chi connectivity index (χ4v) is 4.25. The Bertz CT molecular complexity index is 1000. The lowest BCUT2D eigenvalue weighted by molar-refractivity contribution is -0.142. The van der Waals surface area contributed by atoms with Gasteiger partial charge in [0.25, 0.3) is 0 Å². The fourth-order valence-electron chi connectivity index (χ4n) is 4.25. The summed E-state index contributed by atoms with van der Waals surface area (Å²) in [7, 11) is 1.59. The lowest BCUT2D eigenvalue weighted by Crippen LogP contribution is -2.33. The first-order valence-corrected chi connectivity index (χ1v) is 10.2. The first-order chi connectivity index (χ1) is 14.4. The van der Waals surface area contributed by atoms with Crippen molar-refractivity contribution >= 4 is 11.8 Å². The van der Waals surface area contributed by atoms with E-state index < -0.39 is 0 Å². The van der Waals surface area contributed by atoms with E-state index in [2.05, 4.69) is 0 Å². The van der Waals surface area contributed by atoms with Gasteiger partial charge in [-0.05, 0) is 28.7 Å². The van der Waals surface area contributed by atoms with E-state index in [0.29, 0.717) is 42.3 Å². The Kier molecular flexibility index (Phi) is 5.37. The summed E-state index contributed by atoms with van der Waals surface area (Å²) < 4.78 is 17.0. The molecule has 2 aliphatic rings. The second-order valence-corrected chi connectivity index (χ2v) is 8.69. The average molecular weight is 406 g/mol. The van der Waals surface area contributed by atoms with Crippen LogP contribution in [0.2, 0.25) is 0 Å². The highest BCUT2D eigenvalue weighted by Gasteiger charge is 2.42. The van der Waals surface area contributed by atoms with Gasteiger partial charge in [0.2, 0.25) is 0 Å². The van der Waals surface area contributed by atoms with Gasteiger partial charge in [0.05, 0.1) is 13.5 Å². The third-order valence-corrected chi connectivity index (χ3v) is 5.66. The van der Waals surface area contributed by atoms with Crippen molar-refractivity contribution in [2.24, 2.45) is 5.41 Å². The number of benzene rings is 2. The number of ether oxygens (including phenoxy) is 3. The molecule has 0 unspecified atom stereocenters. The Labute approximate surface area is 176 Å². The molecule has 30 heavy (non-hydrogen) atoms. The smallest absolute Gasteiger partial charge is 0.311 e. The zero-order valence-electron chi connectivity index (χ0n) is 17.6. The molecule has 5 heteroatoms. The molecular weight excluding hydrogens is 380 g/mol. The van der Waals surface area contributed by atoms with Crippen molar-refractivity contribution in [2.75, 3.05) is 7.11 Å². The van der Waals surface area contributed by atoms with Gasteiger partial charge in [-0.1, -0.05) is 50.2 Å². The molecule has 1 aliphatic heterocycles. The van der Waals surface area contributed by atoms with Crippen molar-refractivity contribution in [1.29, 1.82) is 0 Å². The van der Waals surface area contributed by atoms with Crippen LogP contribution in [-0.2, 0) is 20.9 Å². The molecule has 0 aromatic heterocycles. The molecule has 1 heterocycles. The SMILES string of the molecule is COc1cc([C@H]2CC(=O)OC3=C2C(=O)CC(C)(C)C3)ccc1OCc1ccccc1. The molecule has 0 fully saturated rings. The first kappa shape index (κ1) is 20.2. The molecule has 156 valence electrons. The van der Waals surface area contributed by atoms with Crippen molar-refractivity contribution < 1.29 is 23.8 Å². The molecule has 1 aliphatic carbocycles. The molecule has 0 N–H and O–H groups in total. The standard InChI is InChI=1S/C25H26O5/c1-25(2)13-19(26)24-18(12-23(27)30-22(24)14-25)17-9-10-20(21(11-17)28-3)29-15-16-7-5-4-6-8-16/h4-11,18H,12-15H2,1-3H3/t18-/m1/s1. The van der Waals surface area contributed by atoms with Gasteiger partial charge in [-0.3, -0.25) is 9.59 Å². The van der Waals surface area contributed by atoms with Gasteiger partial charge in [-0.15, -0.1) is 0 Å². The van der Waals surface area contributed by atoms with Crippen LogP contribution in [0.25, 0.3) is 0 Å². The third kappa shape index (κ3) is 4.11. The van der Waals surface area contributed by atoms with Gasteiger partial charge < -0.3 is 14.2 Å². The van der Waals surface area contributed by atoms with Crippen LogP contribution in [0.3, 0.4) is 0 Å². The summed E-state index contributed by atoms with van der Waals surface area (Å²) in [4.78, 5) is 25.2. The predicted octanol–water partition coefficient (Wildman–Crippen LogP) is 4.95. The average Bonchev–Trinajstić information content (AvgIpc) is 2.71. The summed E-state index contributed by atoms with van der Waals surface area (Å²) in [5, 5.41) is 0. The highest BCUT2D eigenvalue weighted by Crippen LogP contribution is 2.46. The topological polar surface area (TPSA) is 61.8 Å². The number of hydrogen-bond acceptors (Lipinski definition) is 5. The van der Waals surface area contributed by atoms with Crippen LogP contribution in [-0.4, -0.2) is 18.9 Å². The molecular formula is C25H26O5. The van der Waals surface area contributed by atoms with Crippen molar-refractivity contribution in [2.45, 2.75) is 45.6 Å². The van der Waals surface area contributed by atoms with Gasteiger partial charge in [-0.25, -0.2) is 0 Å². The molecule has 0 bridgehead atoms. The Morgan fingerprint density at radius 3 is 2.53 bits per heavy atom. The number of ketones is 1. The van der Waals surface area contributed by atoms with Crippen LogP contribution in [0.15, 0.2) is 59.9 Å². The molecule has 2 aromatic carbocycles. The van der Waals surface area contributed by atoms with Crippen LogP contribution in [0, 0.1) is 5.41 Å². The molecule has 0 saturated heterocycles. The van der Waals surface area contributed by atoms with Crippen LogP contribution >= 0.6 is 0 Å².